The Hall–Kier alpha value is -0.560. The number of aliphatic hydroxyl groups is 1. The van der Waals surface area contributed by atoms with Gasteiger partial charge in [-0.05, 0) is 25.2 Å². The maximum Gasteiger partial charge on any atom is 0.104 e. The molecule has 16 heavy (non-hydrogen) atoms. The topological polar surface area (TPSA) is 38.7 Å². The maximum absolute atomic E-state index is 8.74. The van der Waals surface area contributed by atoms with E-state index >= 15 is 0 Å². The van der Waals surface area contributed by atoms with Crippen molar-refractivity contribution >= 4 is 0 Å². The molecule has 0 aromatic rings. The molecule has 0 radical (unpaired) electrons. The number of methoxy groups -OCH3 is 2. The summed E-state index contributed by atoms with van der Waals surface area (Å²) < 4.78 is 11.0. The molecule has 1 N–H and O–H groups in total. The fourth-order valence-electron chi connectivity index (χ4n) is 2.45. The highest BCUT2D eigenvalue weighted by Crippen LogP contribution is 2.30. The molecule has 3 heteroatoms. The van der Waals surface area contributed by atoms with Crippen LogP contribution in [0.5, 0.6) is 0 Å². The molecule has 1 rings (SSSR count). The van der Waals surface area contributed by atoms with Crippen LogP contribution in [0.3, 0.4) is 0 Å². The van der Waals surface area contributed by atoms with Gasteiger partial charge in [0.05, 0.1) is 12.2 Å². The van der Waals surface area contributed by atoms with E-state index in [1.807, 2.05) is 0 Å². The second-order valence-electron chi connectivity index (χ2n) is 4.42. The summed E-state index contributed by atoms with van der Waals surface area (Å²) in [4.78, 5) is 0. The van der Waals surface area contributed by atoms with Gasteiger partial charge in [0.1, 0.15) is 6.61 Å². The highest BCUT2D eigenvalue weighted by atomic mass is 16.5. The number of ether oxygens (including phenoxy) is 2. The van der Waals surface area contributed by atoms with Crippen molar-refractivity contribution in [3.05, 3.63) is 0 Å². The Labute approximate surface area is 98.1 Å². The first kappa shape index (κ1) is 13.5. The van der Waals surface area contributed by atoms with Gasteiger partial charge in [-0.25, -0.2) is 0 Å². The average Bonchev–Trinajstić information content (AvgIpc) is 2.45. The Morgan fingerprint density at radius 2 is 1.88 bits per heavy atom. The van der Waals surface area contributed by atoms with Gasteiger partial charge in [-0.15, -0.1) is 0 Å². The van der Waals surface area contributed by atoms with E-state index in [0.717, 1.165) is 19.3 Å². The van der Waals surface area contributed by atoms with Crippen LogP contribution < -0.4 is 0 Å². The summed E-state index contributed by atoms with van der Waals surface area (Å²) in [6.07, 6.45) is 3.43. The third-order valence-electron chi connectivity index (χ3n) is 3.42. The Morgan fingerprint density at radius 1 is 1.19 bits per heavy atom. The van der Waals surface area contributed by atoms with Gasteiger partial charge >= 0.3 is 0 Å². The molecule has 0 saturated heterocycles. The number of aliphatic hydroxyl groups excluding tert-OH is 1. The van der Waals surface area contributed by atoms with Crippen molar-refractivity contribution < 1.29 is 14.6 Å². The van der Waals surface area contributed by atoms with E-state index in [0.29, 0.717) is 12.0 Å². The Kier molecular flexibility index (Phi) is 5.83. The van der Waals surface area contributed by atoms with Gasteiger partial charge in [-0.3, -0.25) is 0 Å². The summed E-state index contributed by atoms with van der Waals surface area (Å²) >= 11 is 0. The number of rotatable bonds is 2. The highest BCUT2D eigenvalue weighted by molar-refractivity contribution is 5.07. The van der Waals surface area contributed by atoms with Crippen LogP contribution in [-0.4, -0.2) is 38.1 Å². The van der Waals surface area contributed by atoms with Crippen LogP contribution in [0, 0.1) is 23.7 Å². The van der Waals surface area contributed by atoms with Crippen molar-refractivity contribution in [3.63, 3.8) is 0 Å². The minimum Gasteiger partial charge on any atom is -0.384 e. The zero-order valence-corrected chi connectivity index (χ0v) is 10.4. The maximum atomic E-state index is 8.74. The van der Waals surface area contributed by atoms with Crippen molar-refractivity contribution in [1.82, 2.24) is 0 Å². The summed E-state index contributed by atoms with van der Waals surface area (Å²) in [6.45, 7) is 2.12. The molecule has 0 aliphatic heterocycles. The van der Waals surface area contributed by atoms with Crippen LogP contribution in [0.2, 0.25) is 0 Å². The fourth-order valence-corrected chi connectivity index (χ4v) is 2.45. The summed E-state index contributed by atoms with van der Waals surface area (Å²) in [5.41, 5.74) is 0. The lowest BCUT2D eigenvalue weighted by atomic mass is 9.95. The molecular weight excluding hydrogens is 204 g/mol. The lowest BCUT2D eigenvalue weighted by Gasteiger charge is -2.22. The zero-order valence-electron chi connectivity index (χ0n) is 10.4. The molecule has 92 valence electrons. The molecule has 1 aliphatic rings. The van der Waals surface area contributed by atoms with Gasteiger partial charge in [-0.2, -0.15) is 0 Å². The van der Waals surface area contributed by atoms with E-state index in [1.54, 1.807) is 14.2 Å². The highest BCUT2D eigenvalue weighted by Gasteiger charge is 2.30. The van der Waals surface area contributed by atoms with Crippen molar-refractivity contribution in [2.45, 2.75) is 38.4 Å². The van der Waals surface area contributed by atoms with E-state index in [-0.39, 0.29) is 18.6 Å². The molecule has 0 heterocycles. The number of hydrogen-bond donors (Lipinski definition) is 1. The first-order valence-electron chi connectivity index (χ1n) is 5.87. The molecular formula is C13H22O3. The Bertz CT molecular complexity index is 254. The predicted molar refractivity (Wildman–Crippen MR) is 63.0 cm³/mol. The van der Waals surface area contributed by atoms with Gasteiger partial charge < -0.3 is 14.6 Å². The first-order chi connectivity index (χ1) is 7.72. The molecule has 1 aliphatic carbocycles. The minimum absolute atomic E-state index is 0.0732. The average molecular weight is 226 g/mol. The first-order valence-corrected chi connectivity index (χ1v) is 5.87. The van der Waals surface area contributed by atoms with Crippen molar-refractivity contribution in [2.24, 2.45) is 11.8 Å². The van der Waals surface area contributed by atoms with Crippen LogP contribution in [0.4, 0.5) is 0 Å². The van der Waals surface area contributed by atoms with Gasteiger partial charge in [0.15, 0.2) is 0 Å². The Morgan fingerprint density at radius 3 is 2.44 bits per heavy atom. The smallest absolute Gasteiger partial charge is 0.104 e. The van der Waals surface area contributed by atoms with Crippen LogP contribution in [-0.2, 0) is 9.47 Å². The van der Waals surface area contributed by atoms with Crippen molar-refractivity contribution in [1.29, 1.82) is 0 Å². The molecule has 4 unspecified atom stereocenters. The summed E-state index contributed by atoms with van der Waals surface area (Å²) in [5, 5.41) is 8.74. The lowest BCUT2D eigenvalue weighted by molar-refractivity contribution is 0.0282. The molecule has 1 saturated carbocycles. The Balaban J connectivity index is 2.70. The van der Waals surface area contributed by atoms with E-state index in [2.05, 4.69) is 18.8 Å². The van der Waals surface area contributed by atoms with E-state index in [1.165, 1.54) is 0 Å². The van der Waals surface area contributed by atoms with E-state index < -0.39 is 0 Å². The molecule has 3 nitrogen and oxygen atoms in total. The van der Waals surface area contributed by atoms with Gasteiger partial charge in [0, 0.05) is 20.1 Å². The molecule has 0 amide bonds. The predicted octanol–water partition coefficient (Wildman–Crippen LogP) is 1.45. The third-order valence-corrected chi connectivity index (χ3v) is 3.42. The quantitative estimate of drug-likeness (QED) is 0.572. The van der Waals surface area contributed by atoms with E-state index in [9.17, 15) is 0 Å². The standard InChI is InChI=1S/C13H22O3/c1-10-9-13(16-3)11(5-4-8-14)6-7-12(10)15-2/h10-14H,6-9H2,1-3H3. The van der Waals surface area contributed by atoms with Gasteiger partial charge in [0.2, 0.25) is 0 Å². The van der Waals surface area contributed by atoms with Gasteiger partial charge in [-0.1, -0.05) is 18.8 Å². The fraction of sp³-hybridized carbons (Fsp3) is 0.846. The van der Waals surface area contributed by atoms with Crippen LogP contribution >= 0.6 is 0 Å². The second-order valence-corrected chi connectivity index (χ2v) is 4.42. The third kappa shape index (κ3) is 3.48. The molecule has 0 spiro atoms. The lowest BCUT2D eigenvalue weighted by Crippen LogP contribution is -2.24. The summed E-state index contributed by atoms with van der Waals surface area (Å²) in [5.74, 6) is 6.56. The summed E-state index contributed by atoms with van der Waals surface area (Å²) in [6, 6.07) is 0. The number of hydrogen-bond acceptors (Lipinski definition) is 3. The molecule has 0 aromatic heterocycles. The minimum atomic E-state index is -0.0732. The monoisotopic (exact) mass is 226 g/mol. The van der Waals surface area contributed by atoms with Crippen LogP contribution in [0.15, 0.2) is 0 Å². The molecule has 4 atom stereocenters. The van der Waals surface area contributed by atoms with Crippen LogP contribution in [0.25, 0.3) is 0 Å². The van der Waals surface area contributed by atoms with Crippen molar-refractivity contribution in [2.75, 3.05) is 20.8 Å². The molecule has 0 bridgehead atoms. The summed E-state index contributed by atoms with van der Waals surface area (Å²) in [7, 11) is 3.50. The van der Waals surface area contributed by atoms with Crippen molar-refractivity contribution in [3.8, 4) is 11.8 Å². The molecule has 1 fully saturated rings. The van der Waals surface area contributed by atoms with E-state index in [4.69, 9.17) is 14.6 Å². The van der Waals surface area contributed by atoms with Gasteiger partial charge in [0.25, 0.3) is 0 Å². The van der Waals surface area contributed by atoms with Crippen LogP contribution in [0.1, 0.15) is 26.2 Å². The second kappa shape index (κ2) is 6.90. The SMILES string of the molecule is COC1CCC(C#CCO)C(OC)CC1C. The zero-order chi connectivity index (χ0) is 12.0. The molecule has 0 aromatic carbocycles. The largest absolute Gasteiger partial charge is 0.384 e. The normalized spacial score (nSPS) is 35.0.